The van der Waals surface area contributed by atoms with Gasteiger partial charge in [0.15, 0.2) is 0 Å². The minimum absolute atomic E-state index is 0.715. The normalized spacial score (nSPS) is 14.7. The first-order valence-electron chi connectivity index (χ1n) is 2.35. The summed E-state index contributed by atoms with van der Waals surface area (Å²) in [4.78, 5) is 0. The van der Waals surface area contributed by atoms with Crippen LogP contribution < -0.4 is 0 Å². The maximum absolute atomic E-state index is 2.93. The van der Waals surface area contributed by atoms with Crippen molar-refractivity contribution in [1.82, 2.24) is 0 Å². The van der Waals surface area contributed by atoms with Crippen LogP contribution in [0.2, 0.25) is 0 Å². The third-order valence-corrected chi connectivity index (χ3v) is 3.96. The third-order valence-electron chi connectivity index (χ3n) is 0.911. The van der Waals surface area contributed by atoms with Crippen LogP contribution in [0.1, 0.15) is 6.92 Å². The molecular weight excluding hydrogens is 110 g/mol. The van der Waals surface area contributed by atoms with E-state index in [2.05, 4.69) is 29.2 Å². The summed E-state index contributed by atoms with van der Waals surface area (Å²) in [5, 5.41) is 0. The van der Waals surface area contributed by atoms with Gasteiger partial charge in [-0.2, -0.15) is 0 Å². The van der Waals surface area contributed by atoms with Gasteiger partial charge in [-0.25, -0.2) is 0 Å². The summed E-state index contributed by atoms with van der Waals surface area (Å²) in [7, 11) is 2.93. The number of rotatable bonds is 1. The van der Waals surface area contributed by atoms with Gasteiger partial charge >= 0.3 is 42.3 Å². The van der Waals surface area contributed by atoms with Gasteiger partial charge in [-0.3, -0.25) is 0 Å². The molecule has 0 aliphatic rings. The minimum atomic E-state index is -0.715. The summed E-state index contributed by atoms with van der Waals surface area (Å²) in [5.74, 6) is 0. The molecule has 0 saturated carbocycles. The van der Waals surface area contributed by atoms with Crippen LogP contribution in [-0.4, -0.2) is 19.5 Å². The Labute approximate surface area is 43.1 Å². The number of hydrogen-bond acceptors (Lipinski definition) is 0. The molecule has 40 valence electrons. The van der Waals surface area contributed by atoms with E-state index in [1.807, 2.05) is 0 Å². The van der Waals surface area contributed by atoms with Crippen LogP contribution in [0.25, 0.3) is 0 Å². The molecule has 0 aromatic rings. The van der Waals surface area contributed by atoms with Gasteiger partial charge in [-0.05, 0) is 0 Å². The molecule has 0 nitrogen and oxygen atoms in total. The molecule has 0 saturated heterocycles. The fourth-order valence-electron chi connectivity index (χ4n) is 0. The fraction of sp³-hybridized carbons (Fsp3) is 1.00. The van der Waals surface area contributed by atoms with E-state index in [0.29, 0.717) is 0 Å². The quantitative estimate of drug-likeness (QED) is 0.467. The van der Waals surface area contributed by atoms with Gasteiger partial charge in [-0.15, -0.1) is 0 Å². The van der Waals surface area contributed by atoms with Gasteiger partial charge in [0.1, 0.15) is 0 Å². The van der Waals surface area contributed by atoms with Crippen LogP contribution in [0.3, 0.4) is 0 Å². The standard InChI is InChI=1S/C4H14P2/c1-4-6(2,3)5/h6H,4-5H2,1-3H3. The molecule has 0 spiro atoms. The van der Waals surface area contributed by atoms with E-state index in [0.717, 1.165) is 0 Å². The van der Waals surface area contributed by atoms with Crippen LogP contribution in [0, 0.1) is 0 Å². The predicted molar refractivity (Wildman–Crippen MR) is 40.4 cm³/mol. The van der Waals surface area contributed by atoms with Crippen LogP contribution in [0.4, 0.5) is 0 Å². The topological polar surface area (TPSA) is 0 Å². The molecule has 1 atom stereocenters. The molecule has 2 heteroatoms. The zero-order valence-electron chi connectivity index (χ0n) is 4.78. The van der Waals surface area contributed by atoms with Crippen molar-refractivity contribution in [3.05, 3.63) is 0 Å². The first kappa shape index (κ1) is 6.86. The summed E-state index contributed by atoms with van der Waals surface area (Å²) in [6.07, 6.45) is 1.37. The van der Waals surface area contributed by atoms with Crippen LogP contribution >= 0.6 is 15.9 Å². The Hall–Kier alpha value is 0.860. The third kappa shape index (κ3) is 4.86. The molecule has 0 aliphatic heterocycles. The van der Waals surface area contributed by atoms with E-state index in [4.69, 9.17) is 0 Å². The van der Waals surface area contributed by atoms with Gasteiger partial charge in [0.25, 0.3) is 0 Å². The molecule has 0 aromatic carbocycles. The molecular formula is C4H14P2. The molecule has 0 amide bonds. The molecule has 6 heavy (non-hydrogen) atoms. The Balaban J connectivity index is 3.17. The predicted octanol–water partition coefficient (Wildman–Crippen LogP) is 1.81. The molecule has 0 N–H and O–H groups in total. The number of hydrogen-bond donors (Lipinski definition) is 0. The van der Waals surface area contributed by atoms with Crippen molar-refractivity contribution in [2.45, 2.75) is 6.92 Å². The van der Waals surface area contributed by atoms with Crippen LogP contribution in [-0.2, 0) is 0 Å². The van der Waals surface area contributed by atoms with Crippen molar-refractivity contribution >= 4 is 15.9 Å². The second-order valence-corrected chi connectivity index (χ2v) is 11.7. The zero-order valence-corrected chi connectivity index (χ0v) is 6.94. The average Bonchev–Trinajstić information content (AvgIpc) is 1.35. The summed E-state index contributed by atoms with van der Waals surface area (Å²) in [5.41, 5.74) is 0. The summed E-state index contributed by atoms with van der Waals surface area (Å²) in [6.45, 7) is 6.22. The second kappa shape index (κ2) is 2.24. The fourth-order valence-corrected chi connectivity index (χ4v) is 0. The van der Waals surface area contributed by atoms with E-state index in [1.54, 1.807) is 0 Å². The molecule has 0 fully saturated rings. The molecule has 0 aliphatic carbocycles. The monoisotopic (exact) mass is 124 g/mol. The molecule has 0 bridgehead atoms. The Morgan fingerprint density at radius 1 is 1.50 bits per heavy atom. The van der Waals surface area contributed by atoms with Crippen LogP contribution in [0.15, 0.2) is 0 Å². The summed E-state index contributed by atoms with van der Waals surface area (Å²) >= 11 is 0. The van der Waals surface area contributed by atoms with Crippen molar-refractivity contribution in [1.29, 1.82) is 0 Å². The van der Waals surface area contributed by atoms with Gasteiger partial charge in [0.05, 0.1) is 0 Å². The molecule has 0 rings (SSSR count). The zero-order chi connectivity index (χ0) is 5.21. The SMILES string of the molecule is CC[PH](C)(C)P. The molecule has 1 unspecified atom stereocenters. The van der Waals surface area contributed by atoms with Crippen molar-refractivity contribution in [3.63, 3.8) is 0 Å². The van der Waals surface area contributed by atoms with Crippen molar-refractivity contribution < 1.29 is 0 Å². The van der Waals surface area contributed by atoms with E-state index >= 15 is 0 Å². The average molecular weight is 124 g/mol. The van der Waals surface area contributed by atoms with Crippen LogP contribution in [0.5, 0.6) is 0 Å². The Morgan fingerprint density at radius 3 is 1.67 bits per heavy atom. The van der Waals surface area contributed by atoms with Crippen molar-refractivity contribution in [2.75, 3.05) is 19.5 Å². The Morgan fingerprint density at radius 2 is 1.67 bits per heavy atom. The van der Waals surface area contributed by atoms with E-state index < -0.39 is 6.95 Å². The Bertz CT molecular complexity index is 35.3. The van der Waals surface area contributed by atoms with E-state index in [9.17, 15) is 0 Å². The summed E-state index contributed by atoms with van der Waals surface area (Å²) in [6, 6.07) is 0. The van der Waals surface area contributed by atoms with Gasteiger partial charge in [0.2, 0.25) is 0 Å². The summed E-state index contributed by atoms with van der Waals surface area (Å²) < 4.78 is 0. The van der Waals surface area contributed by atoms with Gasteiger partial charge in [0, 0.05) is 0 Å². The Kier molecular flexibility index (Phi) is 2.56. The van der Waals surface area contributed by atoms with Gasteiger partial charge in [-0.1, -0.05) is 0 Å². The molecule has 0 radical (unpaired) electrons. The van der Waals surface area contributed by atoms with E-state index in [-0.39, 0.29) is 0 Å². The van der Waals surface area contributed by atoms with Gasteiger partial charge < -0.3 is 0 Å². The molecule has 0 aromatic heterocycles. The van der Waals surface area contributed by atoms with E-state index in [1.165, 1.54) is 6.16 Å². The van der Waals surface area contributed by atoms with Crippen molar-refractivity contribution in [3.8, 4) is 0 Å². The maximum atomic E-state index is 2.93. The second-order valence-electron chi connectivity index (χ2n) is 2.34. The first-order chi connectivity index (χ1) is 2.56. The molecule has 0 heterocycles. The first-order valence-corrected chi connectivity index (χ1v) is 7.37. The van der Waals surface area contributed by atoms with Crippen molar-refractivity contribution in [2.24, 2.45) is 0 Å².